The third kappa shape index (κ3) is 6.59. The molecule has 0 spiro atoms. The molecule has 3 rings (SSSR count). The van der Waals surface area contributed by atoms with E-state index >= 15 is 0 Å². The molecule has 6 heteroatoms. The van der Waals surface area contributed by atoms with Gasteiger partial charge in [-0.1, -0.05) is 66.2 Å². The number of hydrogen-bond donors (Lipinski definition) is 1. The van der Waals surface area contributed by atoms with Gasteiger partial charge in [0, 0.05) is 30.8 Å². The van der Waals surface area contributed by atoms with Crippen LogP contribution in [0.3, 0.4) is 0 Å². The van der Waals surface area contributed by atoms with Gasteiger partial charge < -0.3 is 10.6 Å². The highest BCUT2D eigenvalue weighted by atomic mass is 35.5. The number of benzene rings is 3. The Morgan fingerprint density at radius 2 is 1.39 bits per heavy atom. The van der Waals surface area contributed by atoms with Gasteiger partial charge in [-0.2, -0.15) is 0 Å². The van der Waals surface area contributed by atoms with E-state index in [1.165, 1.54) is 0 Å². The second-order valence-corrected chi connectivity index (χ2v) is 7.87. The van der Waals surface area contributed by atoms with Crippen molar-refractivity contribution in [3.63, 3.8) is 0 Å². The fraction of sp³-hybridized carbons (Fsp3) is 0.200. The van der Waals surface area contributed by atoms with Gasteiger partial charge in [-0.25, -0.2) is 4.79 Å². The molecule has 160 valence electrons. The number of nitrogens with two attached hydrogens (primary N) is 1. The lowest BCUT2D eigenvalue weighted by Crippen LogP contribution is -2.40. The zero-order chi connectivity index (χ0) is 22.2. The number of hydrogen-bond acceptors (Lipinski definition) is 2. The summed E-state index contributed by atoms with van der Waals surface area (Å²) >= 11 is 6.03. The number of urea groups is 1. The Balaban J connectivity index is 1.80. The molecule has 0 aliphatic carbocycles. The normalized spacial score (nSPS) is 11.3. The summed E-state index contributed by atoms with van der Waals surface area (Å²) in [6, 6.07) is 25.2. The minimum atomic E-state index is -0.0754. The molecule has 3 aromatic rings. The van der Waals surface area contributed by atoms with Crippen molar-refractivity contribution in [3.8, 4) is 0 Å². The maximum absolute atomic E-state index is 13.4. The number of nitrogens with zero attached hydrogens (tertiary/aromatic N) is 3. The molecule has 3 aromatic carbocycles. The van der Waals surface area contributed by atoms with E-state index in [0.717, 1.165) is 22.4 Å². The lowest BCUT2D eigenvalue weighted by molar-refractivity contribution is 0.200. The van der Waals surface area contributed by atoms with Crippen LogP contribution in [0.1, 0.15) is 23.6 Å². The highest BCUT2D eigenvalue weighted by molar-refractivity contribution is 6.30. The second kappa shape index (κ2) is 10.6. The number of anilines is 1. The van der Waals surface area contributed by atoms with Crippen LogP contribution in [0.4, 0.5) is 10.5 Å². The highest BCUT2D eigenvalue weighted by Crippen LogP contribution is 2.19. The summed E-state index contributed by atoms with van der Waals surface area (Å²) < 4.78 is 0. The van der Waals surface area contributed by atoms with Crippen molar-refractivity contribution in [1.29, 1.82) is 0 Å². The van der Waals surface area contributed by atoms with Gasteiger partial charge in [0.1, 0.15) is 0 Å². The molecule has 0 saturated heterocycles. The first kappa shape index (κ1) is 22.4. The Bertz CT molecular complexity index is 1010. The zero-order valence-corrected chi connectivity index (χ0v) is 18.6. The first-order chi connectivity index (χ1) is 14.9. The van der Waals surface area contributed by atoms with Crippen molar-refractivity contribution < 1.29 is 4.79 Å². The number of halogens is 1. The molecule has 2 N–H and O–H groups in total. The molecule has 0 heterocycles. The molecule has 31 heavy (non-hydrogen) atoms. The SMILES string of the molecule is CC(N)=NCc1ccc(CN(Cc2ccc(Cl)cc2)C(=O)N(C)c2ccccc2)cc1. The number of amidine groups is 1. The van der Waals surface area contributed by atoms with Crippen LogP contribution in [-0.2, 0) is 19.6 Å². The van der Waals surface area contributed by atoms with Gasteiger partial charge in [-0.15, -0.1) is 0 Å². The van der Waals surface area contributed by atoms with E-state index in [0.29, 0.717) is 30.5 Å². The summed E-state index contributed by atoms with van der Waals surface area (Å²) in [4.78, 5) is 21.1. The van der Waals surface area contributed by atoms with Gasteiger partial charge in [0.05, 0.1) is 12.4 Å². The molecule has 0 bridgehead atoms. The van der Waals surface area contributed by atoms with Crippen LogP contribution >= 0.6 is 11.6 Å². The first-order valence-corrected chi connectivity index (χ1v) is 10.5. The van der Waals surface area contributed by atoms with Crippen molar-refractivity contribution >= 4 is 29.2 Å². The van der Waals surface area contributed by atoms with Gasteiger partial charge in [-0.05, 0) is 47.9 Å². The average Bonchev–Trinajstić information content (AvgIpc) is 2.79. The molecule has 0 radical (unpaired) electrons. The highest BCUT2D eigenvalue weighted by Gasteiger charge is 2.20. The van der Waals surface area contributed by atoms with Crippen molar-refractivity contribution in [2.24, 2.45) is 10.7 Å². The maximum atomic E-state index is 13.4. The van der Waals surface area contributed by atoms with Crippen LogP contribution < -0.4 is 10.6 Å². The van der Waals surface area contributed by atoms with E-state index in [1.807, 2.05) is 83.8 Å². The number of amides is 2. The Morgan fingerprint density at radius 1 is 0.871 bits per heavy atom. The summed E-state index contributed by atoms with van der Waals surface area (Å²) in [5.41, 5.74) is 9.60. The van der Waals surface area contributed by atoms with Crippen molar-refractivity contribution in [2.45, 2.75) is 26.6 Å². The van der Waals surface area contributed by atoms with Crippen molar-refractivity contribution in [1.82, 2.24) is 4.90 Å². The van der Waals surface area contributed by atoms with E-state index in [-0.39, 0.29) is 6.03 Å². The van der Waals surface area contributed by atoms with Gasteiger partial charge >= 0.3 is 6.03 Å². The predicted molar refractivity (Wildman–Crippen MR) is 128 cm³/mol. The largest absolute Gasteiger partial charge is 0.388 e. The van der Waals surface area contributed by atoms with Crippen molar-refractivity contribution in [2.75, 3.05) is 11.9 Å². The van der Waals surface area contributed by atoms with Crippen LogP contribution in [0.15, 0.2) is 83.9 Å². The first-order valence-electron chi connectivity index (χ1n) is 10.1. The third-order valence-electron chi connectivity index (χ3n) is 4.90. The molecular weight excluding hydrogens is 408 g/mol. The molecule has 0 aliphatic rings. The second-order valence-electron chi connectivity index (χ2n) is 7.43. The number of aliphatic imine (C=N–C) groups is 1. The van der Waals surface area contributed by atoms with E-state index in [4.69, 9.17) is 17.3 Å². The smallest absolute Gasteiger partial charge is 0.324 e. The lowest BCUT2D eigenvalue weighted by Gasteiger charge is -2.28. The third-order valence-corrected chi connectivity index (χ3v) is 5.15. The van der Waals surface area contributed by atoms with E-state index in [9.17, 15) is 4.79 Å². The molecule has 0 unspecified atom stereocenters. The monoisotopic (exact) mass is 434 g/mol. The zero-order valence-electron chi connectivity index (χ0n) is 17.8. The van der Waals surface area contributed by atoms with Crippen LogP contribution in [0, 0.1) is 0 Å². The standard InChI is InChI=1S/C25H27ClN4O/c1-19(27)28-16-20-8-10-21(11-9-20)17-30(18-22-12-14-23(26)15-13-22)25(31)29(2)24-6-4-3-5-7-24/h3-15H,16-18H2,1-2H3,(H2,27,28). The molecule has 0 aromatic heterocycles. The molecule has 0 fully saturated rings. The van der Waals surface area contributed by atoms with Gasteiger partial charge in [0.25, 0.3) is 0 Å². The minimum absolute atomic E-state index is 0.0754. The Hall–Kier alpha value is -3.31. The van der Waals surface area contributed by atoms with Gasteiger partial charge in [0.2, 0.25) is 0 Å². The molecule has 5 nitrogen and oxygen atoms in total. The molecule has 0 atom stereocenters. The molecule has 0 saturated carbocycles. The Kier molecular flexibility index (Phi) is 7.68. The van der Waals surface area contributed by atoms with Crippen LogP contribution in [-0.4, -0.2) is 23.8 Å². The van der Waals surface area contributed by atoms with E-state index in [2.05, 4.69) is 4.99 Å². The molecule has 0 aliphatic heterocycles. The Morgan fingerprint density at radius 3 is 1.94 bits per heavy atom. The summed E-state index contributed by atoms with van der Waals surface area (Å²) in [5, 5.41) is 0.675. The minimum Gasteiger partial charge on any atom is -0.388 e. The van der Waals surface area contributed by atoms with Crippen LogP contribution in [0.2, 0.25) is 5.02 Å². The maximum Gasteiger partial charge on any atom is 0.324 e. The number of carbonyl (C=O) groups is 1. The fourth-order valence-corrected chi connectivity index (χ4v) is 3.29. The lowest BCUT2D eigenvalue weighted by atomic mass is 10.1. The number of para-hydroxylation sites is 1. The fourth-order valence-electron chi connectivity index (χ4n) is 3.16. The molecule has 2 amide bonds. The topological polar surface area (TPSA) is 61.9 Å². The average molecular weight is 435 g/mol. The summed E-state index contributed by atoms with van der Waals surface area (Å²) in [6.45, 7) is 3.29. The van der Waals surface area contributed by atoms with Crippen LogP contribution in [0.5, 0.6) is 0 Å². The Labute approximate surface area is 188 Å². The van der Waals surface area contributed by atoms with E-state index in [1.54, 1.807) is 18.9 Å². The van der Waals surface area contributed by atoms with Gasteiger partial charge in [-0.3, -0.25) is 9.89 Å². The van der Waals surface area contributed by atoms with Crippen molar-refractivity contribution in [3.05, 3.63) is 101 Å². The number of carbonyl (C=O) groups excluding carboxylic acids is 1. The predicted octanol–water partition coefficient (Wildman–Crippen LogP) is 5.48. The molecular formula is C25H27ClN4O. The summed E-state index contributed by atoms with van der Waals surface area (Å²) in [6.07, 6.45) is 0. The summed E-state index contributed by atoms with van der Waals surface area (Å²) in [5.74, 6) is 0.563. The van der Waals surface area contributed by atoms with Gasteiger partial charge in [0.15, 0.2) is 0 Å². The van der Waals surface area contributed by atoms with Crippen LogP contribution in [0.25, 0.3) is 0 Å². The quantitative estimate of drug-likeness (QED) is 0.395. The number of rotatable bonds is 7. The summed E-state index contributed by atoms with van der Waals surface area (Å²) in [7, 11) is 1.79. The van der Waals surface area contributed by atoms with E-state index < -0.39 is 0 Å².